The van der Waals surface area contributed by atoms with Crippen molar-refractivity contribution in [3.63, 3.8) is 0 Å². The summed E-state index contributed by atoms with van der Waals surface area (Å²) >= 11 is 6.04. The summed E-state index contributed by atoms with van der Waals surface area (Å²) in [5.74, 6) is -0.416. The molecule has 0 aromatic heterocycles. The van der Waals surface area contributed by atoms with E-state index in [1.54, 1.807) is 18.2 Å². The zero-order valence-electron chi connectivity index (χ0n) is 11.4. The average molecular weight is 318 g/mol. The largest absolute Gasteiger partial charge is 0.464 e. The molecular formula is C15H12ClN3O3. The number of carbonyl (C=O) groups is 2. The van der Waals surface area contributed by atoms with Crippen molar-refractivity contribution in [1.29, 1.82) is 0 Å². The van der Waals surface area contributed by atoms with Crippen molar-refractivity contribution in [3.05, 3.63) is 59.1 Å². The fraction of sp³-hybridized carbons (Fsp3) is 0.0667. The molecule has 0 radical (unpaired) electrons. The molecule has 1 aliphatic rings. The lowest BCUT2D eigenvalue weighted by atomic mass is 10.1. The number of rotatable bonds is 2. The van der Waals surface area contributed by atoms with E-state index in [4.69, 9.17) is 16.7 Å². The Bertz CT molecular complexity index is 736. The van der Waals surface area contributed by atoms with Crippen LogP contribution in [0.4, 0.5) is 16.2 Å². The monoisotopic (exact) mass is 317 g/mol. The van der Waals surface area contributed by atoms with E-state index in [0.29, 0.717) is 16.3 Å². The first-order valence-electron chi connectivity index (χ1n) is 6.50. The molecule has 0 saturated heterocycles. The van der Waals surface area contributed by atoms with Gasteiger partial charge in [0.25, 0.3) is 5.91 Å². The van der Waals surface area contributed by atoms with Crippen molar-refractivity contribution in [1.82, 2.24) is 10.4 Å². The van der Waals surface area contributed by atoms with Crippen LogP contribution in [0.1, 0.15) is 10.4 Å². The maximum atomic E-state index is 12.4. The number of para-hydroxylation sites is 1. The fourth-order valence-electron chi connectivity index (χ4n) is 2.37. The highest BCUT2D eigenvalue weighted by molar-refractivity contribution is 6.31. The molecule has 0 spiro atoms. The van der Waals surface area contributed by atoms with Crippen LogP contribution in [0.2, 0.25) is 5.02 Å². The smallest absolute Gasteiger partial charge is 0.423 e. The van der Waals surface area contributed by atoms with Crippen molar-refractivity contribution in [2.45, 2.75) is 0 Å². The van der Waals surface area contributed by atoms with Gasteiger partial charge in [0.05, 0.1) is 11.3 Å². The minimum absolute atomic E-state index is 0.0580. The number of hydrogen-bond donors (Lipinski definition) is 2. The Hall–Kier alpha value is -2.73. The molecule has 2 N–H and O–H groups in total. The molecule has 1 aliphatic heterocycles. The average Bonchev–Trinajstić information content (AvgIpc) is 2.50. The van der Waals surface area contributed by atoms with Crippen LogP contribution in [-0.2, 0) is 0 Å². The number of nitrogens with one attached hydrogen (secondary N) is 1. The van der Waals surface area contributed by atoms with Crippen molar-refractivity contribution in [2.75, 3.05) is 11.6 Å². The minimum Gasteiger partial charge on any atom is -0.464 e. The van der Waals surface area contributed by atoms with E-state index in [1.165, 1.54) is 0 Å². The Balaban J connectivity index is 2.09. The Kier molecular flexibility index (Phi) is 3.60. The zero-order valence-corrected chi connectivity index (χ0v) is 12.1. The number of fused-ring (bicyclic) bond motifs is 1. The molecule has 6 nitrogen and oxygen atoms in total. The second-order valence-electron chi connectivity index (χ2n) is 4.72. The molecule has 3 rings (SSSR count). The quantitative estimate of drug-likeness (QED) is 0.892. The first-order chi connectivity index (χ1) is 10.6. The predicted molar refractivity (Wildman–Crippen MR) is 82.2 cm³/mol. The Morgan fingerprint density at radius 2 is 1.91 bits per heavy atom. The van der Waals surface area contributed by atoms with Gasteiger partial charge in [-0.15, -0.1) is 0 Å². The van der Waals surface area contributed by atoms with Gasteiger partial charge in [-0.1, -0.05) is 29.8 Å². The number of amides is 2. The summed E-state index contributed by atoms with van der Waals surface area (Å²) in [5, 5.41) is 10.4. The second kappa shape index (κ2) is 5.57. The first-order valence-corrected chi connectivity index (χ1v) is 6.87. The van der Waals surface area contributed by atoms with Crippen molar-refractivity contribution in [3.8, 4) is 0 Å². The SMILES string of the molecule is O=C(O)NN1CN(c2ccccc2)c2cc(Cl)ccc2C1=O. The molecule has 7 heteroatoms. The van der Waals surface area contributed by atoms with Gasteiger partial charge in [-0.2, -0.15) is 0 Å². The van der Waals surface area contributed by atoms with Gasteiger partial charge in [-0.05, 0) is 30.3 Å². The van der Waals surface area contributed by atoms with Gasteiger partial charge in [0.2, 0.25) is 0 Å². The summed E-state index contributed by atoms with van der Waals surface area (Å²) < 4.78 is 0. The third kappa shape index (κ3) is 2.56. The summed E-state index contributed by atoms with van der Waals surface area (Å²) in [6, 6.07) is 14.2. The van der Waals surface area contributed by atoms with E-state index < -0.39 is 12.0 Å². The molecule has 2 aromatic rings. The van der Waals surface area contributed by atoms with Crippen LogP contribution in [0.25, 0.3) is 0 Å². The number of benzene rings is 2. The Morgan fingerprint density at radius 3 is 2.59 bits per heavy atom. The molecule has 2 amide bonds. The summed E-state index contributed by atoms with van der Waals surface area (Å²) in [5.41, 5.74) is 3.97. The van der Waals surface area contributed by atoms with Crippen LogP contribution >= 0.6 is 11.6 Å². The highest BCUT2D eigenvalue weighted by Crippen LogP contribution is 2.34. The van der Waals surface area contributed by atoms with Gasteiger partial charge >= 0.3 is 6.09 Å². The molecule has 22 heavy (non-hydrogen) atoms. The molecule has 2 aromatic carbocycles. The standard InChI is InChI=1S/C15H12ClN3O3/c16-10-6-7-12-13(8-10)18(11-4-2-1-3-5-11)9-19(14(12)20)17-15(21)22/h1-8,17H,9H2,(H,21,22). The lowest BCUT2D eigenvalue weighted by molar-refractivity contribution is 0.0639. The molecule has 0 bridgehead atoms. The van der Waals surface area contributed by atoms with Gasteiger partial charge in [-0.25, -0.2) is 15.2 Å². The fourth-order valence-corrected chi connectivity index (χ4v) is 2.53. The van der Waals surface area contributed by atoms with Crippen molar-refractivity contribution < 1.29 is 14.7 Å². The summed E-state index contributed by atoms with van der Waals surface area (Å²) in [4.78, 5) is 25.1. The third-order valence-corrected chi connectivity index (χ3v) is 3.54. The summed E-state index contributed by atoms with van der Waals surface area (Å²) in [7, 11) is 0. The van der Waals surface area contributed by atoms with Crippen LogP contribution in [0.3, 0.4) is 0 Å². The predicted octanol–water partition coefficient (Wildman–Crippen LogP) is 3.07. The van der Waals surface area contributed by atoms with Gasteiger partial charge in [-0.3, -0.25) is 4.79 Å². The van der Waals surface area contributed by atoms with E-state index in [-0.39, 0.29) is 6.67 Å². The lowest BCUT2D eigenvalue weighted by Crippen LogP contribution is -2.53. The number of hydrogen-bond acceptors (Lipinski definition) is 3. The molecule has 1 heterocycles. The van der Waals surface area contributed by atoms with Gasteiger partial charge in [0.15, 0.2) is 0 Å². The molecular weight excluding hydrogens is 306 g/mol. The molecule has 0 fully saturated rings. The highest BCUT2D eigenvalue weighted by Gasteiger charge is 2.31. The van der Waals surface area contributed by atoms with E-state index >= 15 is 0 Å². The van der Waals surface area contributed by atoms with E-state index in [0.717, 1.165) is 10.7 Å². The van der Waals surface area contributed by atoms with Gasteiger partial charge in [0, 0.05) is 10.7 Å². The lowest BCUT2D eigenvalue weighted by Gasteiger charge is -2.37. The number of hydrazine groups is 1. The Labute approximate surface area is 131 Å². The molecule has 112 valence electrons. The molecule has 0 atom stereocenters. The first kappa shape index (κ1) is 14.2. The third-order valence-electron chi connectivity index (χ3n) is 3.31. The number of anilines is 2. The number of nitrogens with zero attached hydrogens (tertiary/aromatic N) is 2. The van der Waals surface area contributed by atoms with Crippen LogP contribution < -0.4 is 10.3 Å². The maximum absolute atomic E-state index is 12.4. The van der Waals surface area contributed by atoms with Crippen LogP contribution in [0.15, 0.2) is 48.5 Å². The second-order valence-corrected chi connectivity index (χ2v) is 5.15. The van der Waals surface area contributed by atoms with Gasteiger partial charge < -0.3 is 10.0 Å². The topological polar surface area (TPSA) is 72.9 Å². The summed E-state index contributed by atoms with van der Waals surface area (Å²) in [6.07, 6.45) is -1.29. The van der Waals surface area contributed by atoms with Crippen LogP contribution in [0.5, 0.6) is 0 Å². The van der Waals surface area contributed by atoms with Crippen LogP contribution in [0, 0.1) is 0 Å². The number of halogens is 1. The maximum Gasteiger partial charge on any atom is 0.423 e. The highest BCUT2D eigenvalue weighted by atomic mass is 35.5. The van der Waals surface area contributed by atoms with Crippen molar-refractivity contribution in [2.24, 2.45) is 0 Å². The van der Waals surface area contributed by atoms with E-state index in [2.05, 4.69) is 5.43 Å². The normalized spacial score (nSPS) is 13.8. The Morgan fingerprint density at radius 1 is 1.18 bits per heavy atom. The minimum atomic E-state index is -1.29. The van der Waals surface area contributed by atoms with E-state index in [9.17, 15) is 9.59 Å². The zero-order chi connectivity index (χ0) is 15.7. The molecule has 0 unspecified atom stereocenters. The summed E-state index contributed by atoms with van der Waals surface area (Å²) in [6.45, 7) is 0.0580. The van der Waals surface area contributed by atoms with Crippen LogP contribution in [-0.4, -0.2) is 28.8 Å². The number of carboxylic acid groups (broad SMARTS) is 1. The van der Waals surface area contributed by atoms with E-state index in [1.807, 2.05) is 35.2 Å². The van der Waals surface area contributed by atoms with Crippen molar-refractivity contribution >= 4 is 35.0 Å². The molecule has 0 aliphatic carbocycles. The van der Waals surface area contributed by atoms with Gasteiger partial charge in [0.1, 0.15) is 6.67 Å². The molecule has 0 saturated carbocycles. The number of carbonyl (C=O) groups excluding carboxylic acids is 1.